The van der Waals surface area contributed by atoms with Crippen molar-refractivity contribution in [3.63, 3.8) is 0 Å². The van der Waals surface area contributed by atoms with Gasteiger partial charge in [0.05, 0.1) is 6.61 Å². The number of benzene rings is 6. The molecule has 0 radical (unpaired) electrons. The summed E-state index contributed by atoms with van der Waals surface area (Å²) in [6, 6.07) is 35.1. The molecule has 124 heavy (non-hydrogen) atoms. The molecule has 0 bridgehead atoms. The molecular formula is C92H114F15N5O12. The van der Waals surface area contributed by atoms with E-state index in [0.717, 1.165) is 158 Å². The van der Waals surface area contributed by atoms with Crippen molar-refractivity contribution in [2.24, 2.45) is 5.92 Å². The van der Waals surface area contributed by atoms with Gasteiger partial charge in [-0.05, 0) is 266 Å². The second kappa shape index (κ2) is 42.0. The van der Waals surface area contributed by atoms with Gasteiger partial charge < -0.3 is 54.8 Å². The van der Waals surface area contributed by atoms with Crippen LogP contribution >= 0.6 is 0 Å². The molecule has 5 fully saturated rings. The maximum atomic E-state index is 13.3. The normalized spacial score (nSPS) is 19.8. The Bertz CT molecular complexity index is 4430. The summed E-state index contributed by atoms with van der Waals surface area (Å²) in [5, 5.41) is 48.4. The minimum Gasteiger partial charge on any atom is -0.464 e. The van der Waals surface area contributed by atoms with Crippen molar-refractivity contribution < 1.29 is 125 Å². The molecule has 2 saturated heterocycles. The Morgan fingerprint density at radius 3 is 1.04 bits per heavy atom. The number of ether oxygens (including phenoxy) is 1. The molecule has 0 aromatic heterocycles. The summed E-state index contributed by atoms with van der Waals surface area (Å²) in [6.07, 6.45) is -6.52. The van der Waals surface area contributed by atoms with Crippen LogP contribution in [0.15, 0.2) is 152 Å². The number of piperidine rings is 2. The number of carbonyl (C=O) groups excluding carboxylic acids is 6. The van der Waals surface area contributed by atoms with Crippen LogP contribution in [0.5, 0.6) is 0 Å². The van der Waals surface area contributed by atoms with Gasteiger partial charge in [-0.2, -0.15) is 65.9 Å². The number of alkyl halides is 15. The van der Waals surface area contributed by atoms with E-state index in [1.165, 1.54) is 89.7 Å². The highest BCUT2D eigenvalue weighted by Crippen LogP contribution is 2.45. The fourth-order valence-electron chi connectivity index (χ4n) is 15.4. The number of aliphatic hydroxyl groups is 5. The van der Waals surface area contributed by atoms with E-state index in [1.807, 2.05) is 38.7 Å². The number of likely N-dealkylation sites (tertiary alicyclic amines) is 2. The van der Waals surface area contributed by atoms with Gasteiger partial charge in [0.25, 0.3) is 29.5 Å². The number of esters is 1. The molecule has 2 heterocycles. The van der Waals surface area contributed by atoms with Crippen molar-refractivity contribution in [2.45, 2.75) is 280 Å². The first-order valence-electron chi connectivity index (χ1n) is 41.7. The summed E-state index contributed by atoms with van der Waals surface area (Å²) in [5.41, 5.74) is -13.3. The quantitative estimate of drug-likeness (QED) is 0.0377. The fraction of sp³-hybridized carbons (Fsp3) is 0.543. The van der Waals surface area contributed by atoms with Crippen molar-refractivity contribution in [3.8, 4) is 0 Å². The van der Waals surface area contributed by atoms with Crippen molar-refractivity contribution in [3.05, 3.63) is 213 Å². The minimum absolute atomic E-state index is 0.0227. The van der Waals surface area contributed by atoms with Gasteiger partial charge in [0.2, 0.25) is 0 Å². The standard InChI is InChI=1S/C26H30F3NO2.C18H22F3NO4.C17H22F3NO2.C16H22F3NO2.C15H18F3NO2/c1-25(32,26(27,28)29)21-11-9-20(10-12-21)24(31)30(23-15-16-23)22-13-7-19(8-14-22)17-18-5-3-2-4-6-18;1-3-26-16(24)14-6-4-5-11-22(14)15(23)12-7-9-13(10-8-12)17(2,25)18(19,20)21;1-16(23,17(18,19)20)13-10-8-12(9-11-13)15(22)21(2)14-6-4-3-5-7-14;1-10(2)20(11(3)4)14(21)12-6-8-13(9-7-12)15(5,22)16(17,18)19;1-14(21,15(16,17)18)12-7-5-11(6-8-12)13(20)19-9-3-2-4-10-19/h2-6,9-12,19,22-23,32H,7-8,13-17H2,1H3;7-10,14,25H,3-6,11H2,1-2H3;8-11,14,23H,3-7H2,1-2H3;6-11,22H,1-5H3;5-8,21H,2-4,9-10H2,1H3/t19?,22?,25-;;;;/m0..../s1. The van der Waals surface area contributed by atoms with Gasteiger partial charge in [-0.1, -0.05) is 110 Å². The van der Waals surface area contributed by atoms with Crippen LogP contribution in [0, 0.1) is 5.92 Å². The van der Waals surface area contributed by atoms with Crippen LogP contribution in [0.2, 0.25) is 0 Å². The van der Waals surface area contributed by atoms with Gasteiger partial charge in [-0.15, -0.1) is 0 Å². The smallest absolute Gasteiger partial charge is 0.421 e. The van der Waals surface area contributed by atoms with Gasteiger partial charge >= 0.3 is 36.9 Å². The monoisotopic (exact) mass is 1770 g/mol. The Labute approximate surface area is 713 Å². The van der Waals surface area contributed by atoms with Gasteiger partial charge in [-0.3, -0.25) is 24.0 Å². The van der Waals surface area contributed by atoms with Crippen molar-refractivity contribution >= 4 is 35.5 Å². The third-order valence-electron chi connectivity index (χ3n) is 23.7. The summed E-state index contributed by atoms with van der Waals surface area (Å²) < 4.78 is 198. The highest BCUT2D eigenvalue weighted by Gasteiger charge is 2.55. The molecule has 2 aliphatic heterocycles. The van der Waals surface area contributed by atoms with Crippen molar-refractivity contribution in [1.29, 1.82) is 0 Å². The predicted molar refractivity (Wildman–Crippen MR) is 436 cm³/mol. The summed E-state index contributed by atoms with van der Waals surface area (Å²) in [4.78, 5) is 83.6. The first-order chi connectivity index (χ1) is 57.5. The summed E-state index contributed by atoms with van der Waals surface area (Å²) in [7, 11) is 1.73. The largest absolute Gasteiger partial charge is 0.464 e. The molecule has 6 aromatic rings. The van der Waals surface area contributed by atoms with Crippen LogP contribution in [0.25, 0.3) is 0 Å². The molecule has 3 aliphatic carbocycles. The van der Waals surface area contributed by atoms with E-state index in [4.69, 9.17) is 4.74 Å². The fourth-order valence-corrected chi connectivity index (χ4v) is 15.4. The Morgan fingerprint density at radius 1 is 0.379 bits per heavy atom. The predicted octanol–water partition coefficient (Wildman–Crippen LogP) is 19.5. The third-order valence-corrected chi connectivity index (χ3v) is 23.7. The molecule has 6 atom stereocenters. The molecule has 11 rings (SSSR count). The Kier molecular flexibility index (Phi) is 34.5. The lowest BCUT2D eigenvalue weighted by Crippen LogP contribution is -2.48. The second-order valence-corrected chi connectivity index (χ2v) is 33.8. The maximum Gasteiger partial charge on any atom is 0.421 e. The number of nitrogens with zero attached hydrogens (tertiary/aromatic N) is 5. The molecule has 6 aromatic carbocycles. The zero-order chi connectivity index (χ0) is 92.7. The molecular weight excluding hydrogens is 1650 g/mol. The van der Waals surface area contributed by atoms with Crippen LogP contribution in [-0.4, -0.2) is 186 Å². The zero-order valence-electron chi connectivity index (χ0n) is 71.5. The number of hydrogen-bond donors (Lipinski definition) is 5. The third kappa shape index (κ3) is 25.6. The van der Waals surface area contributed by atoms with E-state index in [0.29, 0.717) is 81.9 Å². The number of hydrogen-bond acceptors (Lipinski definition) is 12. The molecule has 5 unspecified atom stereocenters. The summed E-state index contributed by atoms with van der Waals surface area (Å²) in [5.74, 6) is -1.03. The van der Waals surface area contributed by atoms with Crippen LogP contribution in [0.3, 0.4) is 0 Å². The van der Waals surface area contributed by atoms with E-state index in [-0.39, 0.29) is 93.8 Å². The van der Waals surface area contributed by atoms with Crippen LogP contribution in [0.4, 0.5) is 65.9 Å². The molecule has 3 saturated carbocycles. The van der Waals surface area contributed by atoms with Crippen LogP contribution < -0.4 is 0 Å². The molecule has 32 heteroatoms. The summed E-state index contributed by atoms with van der Waals surface area (Å²) in [6.45, 7) is 14.6. The number of halogens is 15. The van der Waals surface area contributed by atoms with Crippen molar-refractivity contribution in [1.82, 2.24) is 24.5 Å². The SMILES string of the molecule is CC(C)N(C(=O)c1ccc(C(C)(O)C(F)(F)F)cc1)C(C)C.CC(O)(c1ccc(C(=O)N2CCCCC2)cc1)C(F)(F)F.CCOC(=O)C1CCCCN1C(=O)c1ccc(C(C)(O)C(F)(F)F)cc1.CN(C(=O)c1ccc(C(C)(O)C(F)(F)F)cc1)C1CCCCC1.C[C@](O)(c1ccc(C(=O)N(C2CCC(Cc3ccccc3)CC2)C2CC2)cc1)C(F)(F)F. The molecule has 5 N–H and O–H groups in total. The first-order valence-corrected chi connectivity index (χ1v) is 41.7. The maximum absolute atomic E-state index is 13.3. The Hall–Kier alpha value is -9.11. The van der Waals surface area contributed by atoms with Crippen LogP contribution in [-0.2, 0) is 44.0 Å². The Balaban J connectivity index is 0.000000215. The molecule has 0 spiro atoms. The average molecular weight is 1770 g/mol. The van der Waals surface area contributed by atoms with Crippen molar-refractivity contribution in [2.75, 3.05) is 33.3 Å². The van der Waals surface area contributed by atoms with Gasteiger partial charge in [-0.25, -0.2) is 4.79 Å². The van der Waals surface area contributed by atoms with Crippen LogP contribution in [0.1, 0.15) is 264 Å². The summed E-state index contributed by atoms with van der Waals surface area (Å²) >= 11 is 0. The number of rotatable bonds is 19. The van der Waals surface area contributed by atoms with E-state index in [2.05, 4.69) is 24.3 Å². The highest BCUT2D eigenvalue weighted by atomic mass is 19.4. The van der Waals surface area contributed by atoms with E-state index >= 15 is 0 Å². The van der Waals surface area contributed by atoms with Gasteiger partial charge in [0.15, 0.2) is 28.0 Å². The average Bonchev–Trinajstić information content (AvgIpc) is 1.44. The molecule has 5 aliphatic rings. The number of carbonyl (C=O) groups is 6. The first kappa shape index (κ1) is 102. The van der Waals surface area contributed by atoms with E-state index < -0.39 is 76.8 Å². The molecule has 5 amide bonds. The van der Waals surface area contributed by atoms with E-state index in [1.54, 1.807) is 28.7 Å². The topological polar surface area (TPSA) is 229 Å². The lowest BCUT2D eigenvalue weighted by molar-refractivity contribution is -0.259. The molecule has 684 valence electrons. The highest BCUT2D eigenvalue weighted by molar-refractivity contribution is 5.98. The Morgan fingerprint density at radius 2 is 0.694 bits per heavy atom. The lowest BCUT2D eigenvalue weighted by Gasteiger charge is -2.37. The second-order valence-electron chi connectivity index (χ2n) is 33.8. The zero-order valence-corrected chi connectivity index (χ0v) is 71.5. The van der Waals surface area contributed by atoms with E-state index in [9.17, 15) is 120 Å². The van der Waals surface area contributed by atoms with Gasteiger partial charge in [0, 0.05) is 84.7 Å². The minimum atomic E-state index is -4.83. The molecule has 17 nitrogen and oxygen atoms in total. The lowest BCUT2D eigenvalue weighted by atomic mass is 9.81. The van der Waals surface area contributed by atoms with Gasteiger partial charge in [0.1, 0.15) is 6.04 Å². The number of amides is 5.